The van der Waals surface area contributed by atoms with E-state index in [2.05, 4.69) is 0 Å². The number of nitrogens with two attached hydrogens (primary N) is 1. The van der Waals surface area contributed by atoms with E-state index < -0.39 is 0 Å². The number of amides is 2. The molecule has 1 aromatic rings. The lowest BCUT2D eigenvalue weighted by molar-refractivity contribution is -0.122. The molecular formula is C15H19ClN2O4S. The molecule has 0 bridgehead atoms. The van der Waals surface area contributed by atoms with Crippen LogP contribution < -0.4 is 15.2 Å². The fraction of sp³-hybridized carbons (Fsp3) is 0.333. The lowest BCUT2D eigenvalue weighted by atomic mass is 10.2. The largest absolute Gasteiger partial charge is 0.493 e. The second-order valence-corrected chi connectivity index (χ2v) is 5.46. The van der Waals surface area contributed by atoms with Gasteiger partial charge in [-0.2, -0.15) is 0 Å². The Morgan fingerprint density at radius 3 is 2.65 bits per heavy atom. The number of halogens is 1. The summed E-state index contributed by atoms with van der Waals surface area (Å²) in [6, 6.07) is 5.35. The van der Waals surface area contributed by atoms with Crippen LogP contribution in [0.15, 0.2) is 23.1 Å². The first-order chi connectivity index (χ1) is 10.6. The standard InChI is InChI=1S/C15H18N2O4S.ClH/c1-3-21-11-5-4-10(8-12(11)20-2)9-13-14(18)17(7-6-16)15(19)22-13;/h4-5,8-9H,3,6-7,16H2,1-2H3;1H/b13-9-;. The third kappa shape index (κ3) is 4.40. The van der Waals surface area contributed by atoms with E-state index in [1.54, 1.807) is 25.3 Å². The maximum atomic E-state index is 12.1. The number of hydrogen-bond donors (Lipinski definition) is 1. The molecule has 8 heteroatoms. The average molecular weight is 359 g/mol. The molecule has 0 aliphatic carbocycles. The minimum absolute atomic E-state index is 0. The highest BCUT2D eigenvalue weighted by Gasteiger charge is 2.34. The number of carbonyl (C=O) groups is 2. The Balaban J connectivity index is 0.00000264. The molecule has 0 unspecified atom stereocenters. The van der Waals surface area contributed by atoms with Crippen LogP contribution in [0.2, 0.25) is 0 Å². The summed E-state index contributed by atoms with van der Waals surface area (Å²) in [4.78, 5) is 25.4. The van der Waals surface area contributed by atoms with Crippen molar-refractivity contribution < 1.29 is 19.1 Å². The summed E-state index contributed by atoms with van der Waals surface area (Å²) in [5, 5.41) is -0.292. The summed E-state index contributed by atoms with van der Waals surface area (Å²) in [6.07, 6.45) is 1.67. The summed E-state index contributed by atoms with van der Waals surface area (Å²) >= 11 is 0.915. The Bertz CT molecular complexity index is 621. The topological polar surface area (TPSA) is 81.9 Å². The molecule has 1 aliphatic heterocycles. The van der Waals surface area contributed by atoms with Crippen LogP contribution in [-0.2, 0) is 4.79 Å². The second kappa shape index (κ2) is 8.81. The van der Waals surface area contributed by atoms with E-state index in [4.69, 9.17) is 15.2 Å². The van der Waals surface area contributed by atoms with Gasteiger partial charge in [-0.15, -0.1) is 12.4 Å². The predicted molar refractivity (Wildman–Crippen MR) is 93.1 cm³/mol. The summed E-state index contributed by atoms with van der Waals surface area (Å²) < 4.78 is 10.7. The smallest absolute Gasteiger partial charge is 0.293 e. The quantitative estimate of drug-likeness (QED) is 0.787. The van der Waals surface area contributed by atoms with E-state index in [1.165, 1.54) is 0 Å². The molecule has 0 atom stereocenters. The number of imide groups is 1. The van der Waals surface area contributed by atoms with E-state index in [9.17, 15) is 9.59 Å². The first-order valence-electron chi connectivity index (χ1n) is 6.87. The van der Waals surface area contributed by atoms with Gasteiger partial charge in [-0.3, -0.25) is 14.5 Å². The van der Waals surface area contributed by atoms with Crippen molar-refractivity contribution in [3.05, 3.63) is 28.7 Å². The van der Waals surface area contributed by atoms with Crippen LogP contribution in [-0.4, -0.2) is 42.9 Å². The van der Waals surface area contributed by atoms with Gasteiger partial charge >= 0.3 is 0 Å². The fourth-order valence-corrected chi connectivity index (χ4v) is 2.89. The van der Waals surface area contributed by atoms with Gasteiger partial charge in [0.15, 0.2) is 11.5 Å². The highest BCUT2D eigenvalue weighted by Crippen LogP contribution is 2.34. The molecule has 23 heavy (non-hydrogen) atoms. The number of ether oxygens (including phenoxy) is 2. The number of rotatable bonds is 6. The average Bonchev–Trinajstić information content (AvgIpc) is 2.77. The Kier molecular flexibility index (Phi) is 7.41. The molecule has 126 valence electrons. The highest BCUT2D eigenvalue weighted by atomic mass is 35.5. The van der Waals surface area contributed by atoms with Crippen LogP contribution in [0.3, 0.4) is 0 Å². The first kappa shape index (κ1) is 19.3. The fourth-order valence-electron chi connectivity index (χ4n) is 2.02. The molecule has 2 N–H and O–H groups in total. The molecule has 1 saturated heterocycles. The summed E-state index contributed by atoms with van der Waals surface area (Å²) in [7, 11) is 1.55. The van der Waals surface area contributed by atoms with Crippen LogP contribution in [0.4, 0.5) is 4.79 Å². The highest BCUT2D eigenvalue weighted by molar-refractivity contribution is 8.18. The molecule has 2 rings (SSSR count). The maximum Gasteiger partial charge on any atom is 0.293 e. The van der Waals surface area contributed by atoms with Crippen molar-refractivity contribution in [2.45, 2.75) is 6.92 Å². The normalized spacial score (nSPS) is 15.8. The molecule has 6 nitrogen and oxygen atoms in total. The van der Waals surface area contributed by atoms with Gasteiger partial charge in [0.05, 0.1) is 18.6 Å². The SMILES string of the molecule is CCOc1ccc(/C=C2\SC(=O)N(CCN)C2=O)cc1OC.Cl. The van der Waals surface area contributed by atoms with Crippen LogP contribution >= 0.6 is 24.2 Å². The number of hydrogen-bond acceptors (Lipinski definition) is 6. The van der Waals surface area contributed by atoms with Gasteiger partial charge in [0.1, 0.15) is 0 Å². The van der Waals surface area contributed by atoms with Gasteiger partial charge < -0.3 is 15.2 Å². The van der Waals surface area contributed by atoms with Gasteiger partial charge in [-0.25, -0.2) is 0 Å². The van der Waals surface area contributed by atoms with Crippen LogP contribution in [0.1, 0.15) is 12.5 Å². The van der Waals surface area contributed by atoms with E-state index >= 15 is 0 Å². The summed E-state index contributed by atoms with van der Waals surface area (Å²) in [6.45, 7) is 2.91. The van der Waals surface area contributed by atoms with Crippen molar-refractivity contribution in [1.82, 2.24) is 4.90 Å². The van der Waals surface area contributed by atoms with Crippen molar-refractivity contribution in [3.63, 3.8) is 0 Å². The molecule has 2 amide bonds. The Labute approximate surface area is 145 Å². The zero-order chi connectivity index (χ0) is 16.1. The maximum absolute atomic E-state index is 12.1. The second-order valence-electron chi connectivity index (χ2n) is 4.47. The Morgan fingerprint density at radius 1 is 1.30 bits per heavy atom. The lowest BCUT2D eigenvalue weighted by Gasteiger charge is -2.10. The van der Waals surface area contributed by atoms with Gasteiger partial charge in [0.2, 0.25) is 0 Å². The molecule has 0 saturated carbocycles. The van der Waals surface area contributed by atoms with Gasteiger partial charge in [0.25, 0.3) is 11.1 Å². The van der Waals surface area contributed by atoms with Crippen molar-refractivity contribution in [2.75, 3.05) is 26.8 Å². The molecule has 0 spiro atoms. The first-order valence-corrected chi connectivity index (χ1v) is 7.68. The summed E-state index contributed by atoms with van der Waals surface area (Å²) in [5.74, 6) is 0.906. The number of carbonyl (C=O) groups excluding carboxylic acids is 2. The van der Waals surface area contributed by atoms with Crippen molar-refractivity contribution in [1.29, 1.82) is 0 Å². The predicted octanol–water partition coefficient (Wildman–Crippen LogP) is 2.51. The minimum atomic E-state index is -0.312. The molecule has 1 aromatic carbocycles. The lowest BCUT2D eigenvalue weighted by Crippen LogP contribution is -2.33. The van der Waals surface area contributed by atoms with E-state index in [0.29, 0.717) is 23.0 Å². The van der Waals surface area contributed by atoms with Crippen LogP contribution in [0, 0.1) is 0 Å². The van der Waals surface area contributed by atoms with Crippen molar-refractivity contribution in [2.24, 2.45) is 5.73 Å². The summed E-state index contributed by atoms with van der Waals surface area (Å²) in [5.41, 5.74) is 6.17. The van der Waals surface area contributed by atoms with Crippen LogP contribution in [0.5, 0.6) is 11.5 Å². The molecule has 1 aliphatic rings. The molecule has 1 fully saturated rings. The molecule has 1 heterocycles. The van der Waals surface area contributed by atoms with Gasteiger partial charge in [-0.05, 0) is 42.5 Å². The van der Waals surface area contributed by atoms with Crippen LogP contribution in [0.25, 0.3) is 6.08 Å². The van der Waals surface area contributed by atoms with Gasteiger partial charge in [-0.1, -0.05) is 6.07 Å². The number of thioether (sulfide) groups is 1. The van der Waals surface area contributed by atoms with E-state index in [0.717, 1.165) is 22.2 Å². The van der Waals surface area contributed by atoms with E-state index in [1.807, 2.05) is 13.0 Å². The Hall–Kier alpha value is -1.70. The Morgan fingerprint density at radius 2 is 2.04 bits per heavy atom. The zero-order valence-electron chi connectivity index (χ0n) is 12.9. The van der Waals surface area contributed by atoms with E-state index in [-0.39, 0.29) is 36.6 Å². The van der Waals surface area contributed by atoms with Gasteiger partial charge in [0, 0.05) is 13.1 Å². The monoisotopic (exact) mass is 358 g/mol. The zero-order valence-corrected chi connectivity index (χ0v) is 14.5. The minimum Gasteiger partial charge on any atom is -0.493 e. The van der Waals surface area contributed by atoms with Crippen molar-refractivity contribution >= 4 is 41.4 Å². The van der Waals surface area contributed by atoms with Crippen molar-refractivity contribution in [3.8, 4) is 11.5 Å². The number of benzene rings is 1. The third-order valence-corrected chi connectivity index (χ3v) is 3.92. The number of methoxy groups -OCH3 is 1. The third-order valence-electron chi connectivity index (χ3n) is 3.01. The number of nitrogens with zero attached hydrogens (tertiary/aromatic N) is 1. The molecule has 0 aromatic heterocycles. The molecular weight excluding hydrogens is 340 g/mol. The molecule has 0 radical (unpaired) electrons.